The van der Waals surface area contributed by atoms with Gasteiger partial charge in [-0.2, -0.15) is 13.2 Å². The quantitative estimate of drug-likeness (QED) is 0.751. The molecule has 1 atom stereocenters. The van der Waals surface area contributed by atoms with Gasteiger partial charge < -0.3 is 0 Å². The van der Waals surface area contributed by atoms with Gasteiger partial charge in [-0.25, -0.2) is 0 Å². The van der Waals surface area contributed by atoms with Gasteiger partial charge in [-0.15, -0.1) is 11.3 Å². The van der Waals surface area contributed by atoms with Gasteiger partial charge in [0.1, 0.15) is 4.34 Å². The van der Waals surface area contributed by atoms with E-state index in [4.69, 9.17) is 23.2 Å². The molecule has 1 unspecified atom stereocenters. The fraction of sp³-hybridized carbons (Fsp3) is 0.583. The van der Waals surface area contributed by atoms with Gasteiger partial charge in [-0.05, 0) is 25.5 Å². The summed E-state index contributed by atoms with van der Waals surface area (Å²) in [7, 11) is 0. The number of halogens is 5. The Morgan fingerprint density at radius 1 is 1.45 bits per heavy atom. The van der Waals surface area contributed by atoms with Crippen molar-refractivity contribution in [3.63, 3.8) is 0 Å². The molecule has 2 rings (SSSR count). The highest BCUT2D eigenvalue weighted by Gasteiger charge is 2.42. The zero-order valence-electron chi connectivity index (χ0n) is 10.3. The van der Waals surface area contributed by atoms with Gasteiger partial charge >= 0.3 is 6.18 Å². The van der Waals surface area contributed by atoms with Crippen molar-refractivity contribution in [3.8, 4) is 0 Å². The van der Waals surface area contributed by atoms with E-state index < -0.39 is 12.1 Å². The first-order valence-electron chi connectivity index (χ1n) is 6.04. The third-order valence-corrected chi connectivity index (χ3v) is 4.78. The average molecular weight is 346 g/mol. The summed E-state index contributed by atoms with van der Waals surface area (Å²) >= 11 is 12.7. The van der Waals surface area contributed by atoms with Gasteiger partial charge in [0, 0.05) is 6.54 Å². The molecule has 0 bridgehead atoms. The Morgan fingerprint density at radius 2 is 2.15 bits per heavy atom. The predicted molar refractivity (Wildman–Crippen MR) is 73.9 cm³/mol. The van der Waals surface area contributed by atoms with Gasteiger partial charge in [0.2, 0.25) is 0 Å². The van der Waals surface area contributed by atoms with Crippen LogP contribution in [0.5, 0.6) is 0 Å². The number of thiophene rings is 1. The van der Waals surface area contributed by atoms with Crippen LogP contribution in [0.4, 0.5) is 13.2 Å². The van der Waals surface area contributed by atoms with Gasteiger partial charge in [0.15, 0.2) is 5.78 Å². The summed E-state index contributed by atoms with van der Waals surface area (Å²) in [6, 6.07) is 1.46. The Hall–Kier alpha value is -0.300. The zero-order chi connectivity index (χ0) is 14.9. The lowest BCUT2D eigenvalue weighted by Crippen LogP contribution is -2.43. The van der Waals surface area contributed by atoms with Gasteiger partial charge in [0.05, 0.1) is 22.4 Å². The first-order chi connectivity index (χ1) is 9.27. The Labute approximate surface area is 128 Å². The number of piperidine rings is 1. The van der Waals surface area contributed by atoms with Crippen LogP contribution in [-0.4, -0.2) is 36.5 Å². The second kappa shape index (κ2) is 6.22. The number of rotatable bonds is 3. The van der Waals surface area contributed by atoms with Gasteiger partial charge in [-0.1, -0.05) is 23.2 Å². The maximum atomic E-state index is 12.7. The van der Waals surface area contributed by atoms with Crippen molar-refractivity contribution in [3.05, 3.63) is 20.3 Å². The van der Waals surface area contributed by atoms with Crippen molar-refractivity contribution in [1.82, 2.24) is 4.90 Å². The molecule has 1 aliphatic rings. The SMILES string of the molecule is O=C(CN1CCCC(C(F)(F)F)C1)c1cc(Cl)sc1Cl. The van der Waals surface area contributed by atoms with Crippen molar-refractivity contribution in [2.75, 3.05) is 19.6 Å². The van der Waals surface area contributed by atoms with Crippen LogP contribution in [0, 0.1) is 5.92 Å². The highest BCUT2D eigenvalue weighted by molar-refractivity contribution is 7.20. The molecule has 0 aromatic carbocycles. The molecule has 2 heterocycles. The standard InChI is InChI=1S/C12H12Cl2F3NOS/c13-10-4-8(11(14)20-10)9(19)6-18-3-1-2-7(5-18)12(15,16)17/h4,7H,1-3,5-6H2. The van der Waals surface area contributed by atoms with Crippen molar-refractivity contribution in [2.45, 2.75) is 19.0 Å². The third-order valence-electron chi connectivity index (χ3n) is 3.29. The van der Waals surface area contributed by atoms with Crippen LogP contribution in [0.3, 0.4) is 0 Å². The van der Waals surface area contributed by atoms with Crippen molar-refractivity contribution >= 4 is 40.3 Å². The molecule has 0 radical (unpaired) electrons. The minimum atomic E-state index is -4.20. The molecule has 1 saturated heterocycles. The molecule has 1 fully saturated rings. The molecule has 1 aromatic heterocycles. The summed E-state index contributed by atoms with van der Waals surface area (Å²) in [5, 5.41) is 0. The summed E-state index contributed by atoms with van der Waals surface area (Å²) in [6.07, 6.45) is -3.64. The van der Waals surface area contributed by atoms with Crippen molar-refractivity contribution in [1.29, 1.82) is 0 Å². The van der Waals surface area contributed by atoms with E-state index in [1.54, 1.807) is 0 Å². The smallest absolute Gasteiger partial charge is 0.295 e. The molecular weight excluding hydrogens is 334 g/mol. The first kappa shape index (κ1) is 16.1. The third kappa shape index (κ3) is 3.87. The van der Waals surface area contributed by atoms with E-state index in [-0.39, 0.29) is 35.2 Å². The Balaban J connectivity index is 1.99. The molecule has 2 nitrogen and oxygen atoms in total. The monoisotopic (exact) mass is 345 g/mol. The molecule has 112 valence electrons. The minimum absolute atomic E-state index is 0.0562. The normalized spacial score (nSPS) is 21.1. The number of hydrogen-bond acceptors (Lipinski definition) is 3. The molecule has 1 aliphatic heterocycles. The van der Waals surface area contributed by atoms with E-state index in [0.717, 1.165) is 11.3 Å². The van der Waals surface area contributed by atoms with Crippen molar-refractivity contribution in [2.24, 2.45) is 5.92 Å². The lowest BCUT2D eigenvalue weighted by Gasteiger charge is -2.33. The number of nitrogens with zero attached hydrogens (tertiary/aromatic N) is 1. The Kier molecular flexibility index (Phi) is 5.00. The van der Waals surface area contributed by atoms with Gasteiger partial charge in [-0.3, -0.25) is 9.69 Å². The minimum Gasteiger partial charge on any atom is -0.295 e. The van der Waals surface area contributed by atoms with Crippen LogP contribution in [0.1, 0.15) is 23.2 Å². The van der Waals surface area contributed by atoms with E-state index in [1.165, 1.54) is 11.0 Å². The summed E-state index contributed by atoms with van der Waals surface area (Å²) in [5.74, 6) is -1.65. The molecule has 20 heavy (non-hydrogen) atoms. The number of ketones is 1. The largest absolute Gasteiger partial charge is 0.393 e. The number of carbonyl (C=O) groups is 1. The first-order valence-corrected chi connectivity index (χ1v) is 7.61. The number of likely N-dealkylation sites (tertiary alicyclic amines) is 1. The Morgan fingerprint density at radius 3 is 2.70 bits per heavy atom. The molecule has 0 N–H and O–H groups in total. The maximum Gasteiger partial charge on any atom is 0.393 e. The van der Waals surface area contributed by atoms with Crippen LogP contribution in [0.2, 0.25) is 8.67 Å². The fourth-order valence-corrected chi connectivity index (χ4v) is 3.78. The number of carbonyl (C=O) groups excluding carboxylic acids is 1. The number of alkyl halides is 3. The summed E-state index contributed by atoms with van der Waals surface area (Å²) < 4.78 is 38.8. The average Bonchev–Trinajstić information content (AvgIpc) is 2.68. The fourth-order valence-electron chi connectivity index (χ4n) is 2.28. The zero-order valence-corrected chi connectivity index (χ0v) is 12.7. The van der Waals surface area contributed by atoms with E-state index in [0.29, 0.717) is 17.3 Å². The molecule has 0 saturated carbocycles. The molecule has 8 heteroatoms. The predicted octanol–water partition coefficient (Wildman–Crippen LogP) is 4.51. The lowest BCUT2D eigenvalue weighted by molar-refractivity contribution is -0.186. The summed E-state index contributed by atoms with van der Waals surface area (Å²) in [6.45, 7) is 0.303. The van der Waals surface area contributed by atoms with Crippen LogP contribution < -0.4 is 0 Å². The number of Topliss-reactive ketones (excluding diaryl/α,β-unsaturated/α-hetero) is 1. The van der Waals surface area contributed by atoms with Crippen LogP contribution in [0.25, 0.3) is 0 Å². The second-order valence-corrected chi connectivity index (χ2v) is 7.06. The van der Waals surface area contributed by atoms with Gasteiger partial charge in [0.25, 0.3) is 0 Å². The molecular formula is C12H12Cl2F3NOS. The Bertz CT molecular complexity index is 503. The van der Waals surface area contributed by atoms with E-state index in [1.807, 2.05) is 0 Å². The van der Waals surface area contributed by atoms with E-state index in [9.17, 15) is 18.0 Å². The van der Waals surface area contributed by atoms with Crippen LogP contribution >= 0.6 is 34.5 Å². The highest BCUT2D eigenvalue weighted by atomic mass is 35.5. The number of hydrogen-bond donors (Lipinski definition) is 0. The van der Waals surface area contributed by atoms with E-state index >= 15 is 0 Å². The van der Waals surface area contributed by atoms with Crippen LogP contribution in [0.15, 0.2) is 6.07 Å². The van der Waals surface area contributed by atoms with E-state index in [2.05, 4.69) is 0 Å². The van der Waals surface area contributed by atoms with Crippen LogP contribution in [-0.2, 0) is 0 Å². The van der Waals surface area contributed by atoms with Crippen molar-refractivity contribution < 1.29 is 18.0 Å². The maximum absolute atomic E-state index is 12.7. The molecule has 0 aliphatic carbocycles. The molecule has 0 spiro atoms. The second-order valence-electron chi connectivity index (χ2n) is 4.78. The highest BCUT2D eigenvalue weighted by Crippen LogP contribution is 2.34. The molecule has 0 amide bonds. The summed E-state index contributed by atoms with van der Waals surface area (Å²) in [5.41, 5.74) is 0.288. The topological polar surface area (TPSA) is 20.3 Å². The molecule has 1 aromatic rings. The summed E-state index contributed by atoms with van der Waals surface area (Å²) in [4.78, 5) is 13.6. The lowest BCUT2D eigenvalue weighted by atomic mass is 9.97.